The van der Waals surface area contributed by atoms with E-state index in [4.69, 9.17) is 4.99 Å². The number of allylic oxidation sites excluding steroid dienone is 1. The maximum Gasteiger partial charge on any atom is 0.0596 e. The normalized spacial score (nSPS) is 40.9. The summed E-state index contributed by atoms with van der Waals surface area (Å²) in [4.78, 5) is 4.76. The smallest absolute Gasteiger partial charge is 0.0596 e. The standard InChI is InChI=1S/C18H31N/c1-6-15-7-8-16(10-13(4)9-15)11-17-14(5)18(17)19-12(2)3/h11,13-15,17-18H,6-10H2,1-5H3/b16-11+. The predicted molar refractivity (Wildman–Crippen MR) is 84.7 cm³/mol. The van der Waals surface area contributed by atoms with Gasteiger partial charge in [0, 0.05) is 11.6 Å². The molecule has 1 nitrogen and oxygen atoms in total. The fourth-order valence-corrected chi connectivity index (χ4v) is 3.73. The van der Waals surface area contributed by atoms with Crippen molar-refractivity contribution in [2.24, 2.45) is 28.7 Å². The molecule has 2 saturated carbocycles. The summed E-state index contributed by atoms with van der Waals surface area (Å²) in [6.07, 6.45) is 9.48. The van der Waals surface area contributed by atoms with Gasteiger partial charge in [-0.25, -0.2) is 0 Å². The molecule has 2 fully saturated rings. The fourth-order valence-electron chi connectivity index (χ4n) is 3.73. The minimum atomic E-state index is 0.582. The average molecular weight is 261 g/mol. The van der Waals surface area contributed by atoms with Crippen LogP contribution in [0.4, 0.5) is 0 Å². The molecule has 0 amide bonds. The first kappa shape index (κ1) is 14.8. The molecule has 0 bridgehead atoms. The molecule has 5 atom stereocenters. The van der Waals surface area contributed by atoms with Gasteiger partial charge in [-0.05, 0) is 57.3 Å². The van der Waals surface area contributed by atoms with Crippen LogP contribution in [0.15, 0.2) is 16.6 Å². The SMILES string of the molecule is CCC1CC/C(=C\C2C(C)C2N=C(C)C)CC(C)C1. The molecule has 0 radical (unpaired) electrons. The quantitative estimate of drug-likeness (QED) is 0.373. The van der Waals surface area contributed by atoms with Gasteiger partial charge in [-0.1, -0.05) is 38.8 Å². The van der Waals surface area contributed by atoms with Crippen LogP contribution in [0.3, 0.4) is 0 Å². The highest BCUT2D eigenvalue weighted by Gasteiger charge is 2.45. The van der Waals surface area contributed by atoms with Crippen molar-refractivity contribution in [3.63, 3.8) is 0 Å². The monoisotopic (exact) mass is 261 g/mol. The number of nitrogens with zero attached hydrogens (tertiary/aromatic N) is 1. The van der Waals surface area contributed by atoms with E-state index in [0.29, 0.717) is 6.04 Å². The highest BCUT2D eigenvalue weighted by atomic mass is 14.9. The maximum absolute atomic E-state index is 4.76. The van der Waals surface area contributed by atoms with Crippen LogP contribution >= 0.6 is 0 Å². The number of rotatable bonds is 3. The maximum atomic E-state index is 4.76. The first-order chi connectivity index (χ1) is 9.01. The van der Waals surface area contributed by atoms with Gasteiger partial charge in [-0.15, -0.1) is 0 Å². The van der Waals surface area contributed by atoms with Gasteiger partial charge in [0.05, 0.1) is 6.04 Å². The van der Waals surface area contributed by atoms with E-state index in [1.54, 1.807) is 5.57 Å². The molecule has 1 heteroatoms. The summed E-state index contributed by atoms with van der Waals surface area (Å²) in [5, 5.41) is 0. The highest BCUT2D eigenvalue weighted by molar-refractivity contribution is 5.79. The highest BCUT2D eigenvalue weighted by Crippen LogP contribution is 2.45. The van der Waals surface area contributed by atoms with E-state index >= 15 is 0 Å². The largest absolute Gasteiger partial charge is 0.290 e. The van der Waals surface area contributed by atoms with Crippen LogP contribution in [0, 0.1) is 23.7 Å². The molecule has 0 aromatic heterocycles. The molecule has 2 rings (SSSR count). The van der Waals surface area contributed by atoms with E-state index in [9.17, 15) is 0 Å². The lowest BCUT2D eigenvalue weighted by Gasteiger charge is -2.13. The van der Waals surface area contributed by atoms with Crippen LogP contribution in [0.1, 0.15) is 66.7 Å². The van der Waals surface area contributed by atoms with Crippen LogP contribution < -0.4 is 0 Å². The molecule has 0 N–H and O–H groups in total. The van der Waals surface area contributed by atoms with E-state index in [1.807, 2.05) is 0 Å². The Kier molecular flexibility index (Phi) is 4.86. The van der Waals surface area contributed by atoms with E-state index in [0.717, 1.165) is 23.7 Å². The summed E-state index contributed by atoms with van der Waals surface area (Å²) in [7, 11) is 0. The van der Waals surface area contributed by atoms with Gasteiger partial charge in [0.1, 0.15) is 0 Å². The van der Waals surface area contributed by atoms with Gasteiger partial charge in [0.2, 0.25) is 0 Å². The van der Waals surface area contributed by atoms with Crippen molar-refractivity contribution >= 4 is 5.71 Å². The van der Waals surface area contributed by atoms with Crippen molar-refractivity contribution in [3.05, 3.63) is 11.6 Å². The van der Waals surface area contributed by atoms with Crippen molar-refractivity contribution in [1.29, 1.82) is 0 Å². The van der Waals surface area contributed by atoms with Crippen molar-refractivity contribution in [2.75, 3.05) is 0 Å². The molecule has 0 aromatic carbocycles. The molecule has 108 valence electrons. The first-order valence-electron chi connectivity index (χ1n) is 8.21. The molecule has 0 saturated heterocycles. The molecule has 0 heterocycles. The Balaban J connectivity index is 1.98. The Hall–Kier alpha value is -0.590. The van der Waals surface area contributed by atoms with Gasteiger partial charge >= 0.3 is 0 Å². The summed E-state index contributed by atoms with van der Waals surface area (Å²) >= 11 is 0. The molecule has 2 aliphatic carbocycles. The number of aliphatic imine (C=N–C) groups is 1. The van der Waals surface area contributed by atoms with Gasteiger partial charge in [-0.2, -0.15) is 0 Å². The van der Waals surface area contributed by atoms with Crippen LogP contribution in [-0.2, 0) is 0 Å². The Morgan fingerprint density at radius 2 is 2.05 bits per heavy atom. The molecular weight excluding hydrogens is 230 g/mol. The zero-order chi connectivity index (χ0) is 14.0. The fraction of sp³-hybridized carbons (Fsp3) is 0.833. The molecule has 0 aliphatic heterocycles. The van der Waals surface area contributed by atoms with Gasteiger partial charge < -0.3 is 0 Å². The minimum Gasteiger partial charge on any atom is -0.290 e. The zero-order valence-electron chi connectivity index (χ0n) is 13.4. The summed E-state index contributed by atoms with van der Waals surface area (Å²) in [5.74, 6) is 3.34. The van der Waals surface area contributed by atoms with Crippen molar-refractivity contribution in [1.82, 2.24) is 0 Å². The van der Waals surface area contributed by atoms with Crippen molar-refractivity contribution in [3.8, 4) is 0 Å². The Bertz CT molecular complexity index is 362. The van der Waals surface area contributed by atoms with Gasteiger partial charge in [0.15, 0.2) is 0 Å². The van der Waals surface area contributed by atoms with Crippen molar-refractivity contribution in [2.45, 2.75) is 72.8 Å². The third kappa shape index (κ3) is 3.94. The van der Waals surface area contributed by atoms with Crippen LogP contribution in [0.5, 0.6) is 0 Å². The van der Waals surface area contributed by atoms with E-state index in [1.165, 1.54) is 37.8 Å². The minimum absolute atomic E-state index is 0.582. The van der Waals surface area contributed by atoms with E-state index in [2.05, 4.69) is 40.7 Å². The van der Waals surface area contributed by atoms with Gasteiger partial charge in [0.25, 0.3) is 0 Å². The molecule has 19 heavy (non-hydrogen) atoms. The third-order valence-corrected chi connectivity index (χ3v) is 5.03. The van der Waals surface area contributed by atoms with Crippen LogP contribution in [-0.4, -0.2) is 11.8 Å². The lowest BCUT2D eigenvalue weighted by Crippen LogP contribution is -2.01. The summed E-state index contributed by atoms with van der Waals surface area (Å²) < 4.78 is 0. The van der Waals surface area contributed by atoms with Gasteiger partial charge in [-0.3, -0.25) is 4.99 Å². The molecule has 5 unspecified atom stereocenters. The second kappa shape index (κ2) is 6.24. The molecule has 0 spiro atoms. The Morgan fingerprint density at radius 1 is 1.32 bits per heavy atom. The average Bonchev–Trinajstić information content (AvgIpc) is 2.98. The van der Waals surface area contributed by atoms with E-state index < -0.39 is 0 Å². The summed E-state index contributed by atoms with van der Waals surface area (Å²) in [5.41, 5.74) is 2.96. The predicted octanol–water partition coefficient (Wildman–Crippen LogP) is 5.26. The first-order valence-corrected chi connectivity index (χ1v) is 8.21. The molecular formula is C18H31N. The van der Waals surface area contributed by atoms with Crippen LogP contribution in [0.25, 0.3) is 0 Å². The molecule has 0 aromatic rings. The number of hydrogen-bond acceptors (Lipinski definition) is 1. The second-order valence-corrected chi connectivity index (χ2v) is 7.19. The zero-order valence-corrected chi connectivity index (χ0v) is 13.4. The van der Waals surface area contributed by atoms with Crippen LogP contribution in [0.2, 0.25) is 0 Å². The molecule has 2 aliphatic rings. The number of hydrogen-bond donors (Lipinski definition) is 0. The van der Waals surface area contributed by atoms with Crippen molar-refractivity contribution < 1.29 is 0 Å². The lowest BCUT2D eigenvalue weighted by molar-refractivity contribution is 0.388. The lowest BCUT2D eigenvalue weighted by atomic mass is 9.92. The second-order valence-electron chi connectivity index (χ2n) is 7.19. The third-order valence-electron chi connectivity index (χ3n) is 5.03. The summed E-state index contributed by atoms with van der Waals surface area (Å²) in [6, 6.07) is 0.582. The van der Waals surface area contributed by atoms with E-state index in [-0.39, 0.29) is 0 Å². The summed E-state index contributed by atoms with van der Waals surface area (Å²) in [6.45, 7) is 11.4. The topological polar surface area (TPSA) is 12.4 Å². The Labute approximate surface area is 119 Å². The Morgan fingerprint density at radius 3 is 2.68 bits per heavy atom.